The molecule has 0 aliphatic heterocycles. The number of carboxylic acid groups (broad SMARTS) is 1. The van der Waals surface area contributed by atoms with Crippen molar-refractivity contribution in [2.45, 2.75) is 12.8 Å². The van der Waals surface area contributed by atoms with E-state index in [4.69, 9.17) is 9.40 Å². The van der Waals surface area contributed by atoms with E-state index in [-0.39, 0.29) is 11.4 Å². The first-order chi connectivity index (χ1) is 15.6. The molecule has 7 heteroatoms. The van der Waals surface area contributed by atoms with Crippen LogP contribution in [-0.4, -0.2) is 30.6 Å². The Kier molecular flexibility index (Phi) is 4.91. The van der Waals surface area contributed by atoms with Crippen LogP contribution in [0.2, 0.25) is 0 Å². The van der Waals surface area contributed by atoms with Gasteiger partial charge in [-0.2, -0.15) is 0 Å². The lowest BCUT2D eigenvalue weighted by Gasteiger charge is -2.09. The molecule has 0 amide bonds. The van der Waals surface area contributed by atoms with Crippen molar-refractivity contribution >= 4 is 11.6 Å². The van der Waals surface area contributed by atoms with Crippen LogP contribution in [0, 0.1) is 0 Å². The first-order valence-electron chi connectivity index (χ1n) is 10.1. The predicted molar refractivity (Wildman–Crippen MR) is 118 cm³/mol. The van der Waals surface area contributed by atoms with Crippen molar-refractivity contribution in [2.75, 3.05) is 0 Å². The van der Waals surface area contributed by atoms with Gasteiger partial charge in [0.25, 0.3) is 0 Å². The molecule has 0 bridgehead atoms. The van der Waals surface area contributed by atoms with Crippen LogP contribution in [0.15, 0.2) is 83.6 Å². The second-order valence-electron chi connectivity index (χ2n) is 7.45. The third-order valence-corrected chi connectivity index (χ3v) is 5.28. The van der Waals surface area contributed by atoms with Crippen LogP contribution in [0.3, 0.4) is 0 Å². The molecule has 0 saturated carbocycles. The van der Waals surface area contributed by atoms with Gasteiger partial charge >= 0.3 is 5.97 Å². The maximum absolute atomic E-state index is 11.2. The molecule has 7 nitrogen and oxygen atoms in total. The molecular weight excluding hydrogens is 406 g/mol. The number of fused-ring (bicyclic) bond motifs is 1. The van der Waals surface area contributed by atoms with Crippen molar-refractivity contribution in [3.63, 3.8) is 0 Å². The molecule has 32 heavy (non-hydrogen) atoms. The van der Waals surface area contributed by atoms with E-state index >= 15 is 0 Å². The zero-order valence-corrected chi connectivity index (χ0v) is 17.0. The molecule has 158 valence electrons. The summed E-state index contributed by atoms with van der Waals surface area (Å²) in [5, 5.41) is 20.1. The summed E-state index contributed by atoms with van der Waals surface area (Å²) in [6.07, 6.45) is 4.19. The average molecular weight is 425 g/mol. The summed E-state index contributed by atoms with van der Waals surface area (Å²) in [5.74, 6) is -0.262. The molecule has 0 radical (unpaired) electrons. The van der Waals surface area contributed by atoms with Gasteiger partial charge in [0.2, 0.25) is 5.88 Å². The van der Waals surface area contributed by atoms with Gasteiger partial charge in [0.1, 0.15) is 11.5 Å². The van der Waals surface area contributed by atoms with E-state index < -0.39 is 5.97 Å². The highest BCUT2D eigenvalue weighted by atomic mass is 16.4. The summed E-state index contributed by atoms with van der Waals surface area (Å²) in [6.45, 7) is 0. The van der Waals surface area contributed by atoms with Crippen LogP contribution >= 0.6 is 0 Å². The molecule has 5 aromatic rings. The van der Waals surface area contributed by atoms with Crippen LogP contribution < -0.4 is 0 Å². The Bertz CT molecular complexity index is 1390. The average Bonchev–Trinajstić information content (AvgIpc) is 3.43. The minimum absolute atomic E-state index is 0.0246. The summed E-state index contributed by atoms with van der Waals surface area (Å²) < 4.78 is 7.04. The molecule has 2 aromatic carbocycles. The van der Waals surface area contributed by atoms with Gasteiger partial charge in [-0.1, -0.05) is 42.5 Å². The van der Waals surface area contributed by atoms with E-state index in [9.17, 15) is 15.0 Å². The van der Waals surface area contributed by atoms with Crippen LogP contribution in [0.5, 0.6) is 5.88 Å². The number of carbonyl (C=O) groups is 1. The number of furan rings is 1. The van der Waals surface area contributed by atoms with E-state index in [2.05, 4.69) is 4.98 Å². The van der Waals surface area contributed by atoms with Gasteiger partial charge in [-0.25, -0.2) is 14.8 Å². The second-order valence-corrected chi connectivity index (χ2v) is 7.45. The molecule has 0 saturated heterocycles. The highest BCUT2D eigenvalue weighted by molar-refractivity contribution is 5.88. The Balaban J connectivity index is 1.64. The molecule has 0 fully saturated rings. The summed E-state index contributed by atoms with van der Waals surface area (Å²) in [5.41, 5.74) is 4.38. The Labute approximate surface area is 183 Å². The number of hydrogen-bond acceptors (Lipinski definition) is 5. The molecule has 0 aliphatic carbocycles. The number of aromatic nitrogens is 3. The van der Waals surface area contributed by atoms with Crippen LogP contribution in [0.1, 0.15) is 33.1 Å². The maximum atomic E-state index is 11.2. The molecule has 5 rings (SSSR count). The number of benzene rings is 2. The minimum atomic E-state index is -0.987. The third kappa shape index (κ3) is 3.72. The summed E-state index contributed by atoms with van der Waals surface area (Å²) in [6, 6.07) is 20.0. The van der Waals surface area contributed by atoms with Gasteiger partial charge in [0, 0.05) is 18.2 Å². The van der Waals surface area contributed by atoms with Gasteiger partial charge in [-0.3, -0.25) is 4.40 Å². The third-order valence-electron chi connectivity index (χ3n) is 5.28. The quantitative estimate of drug-likeness (QED) is 0.413. The molecular formula is C25H19N3O4. The van der Waals surface area contributed by atoms with Gasteiger partial charge in [-0.15, -0.1) is 0 Å². The number of nitrogens with zero attached hydrogens (tertiary/aromatic N) is 3. The highest BCUT2D eigenvalue weighted by Gasteiger charge is 2.18. The van der Waals surface area contributed by atoms with Crippen molar-refractivity contribution in [3.05, 3.63) is 107 Å². The Morgan fingerprint density at radius 3 is 2.38 bits per heavy atom. The largest absolute Gasteiger partial charge is 0.493 e. The summed E-state index contributed by atoms with van der Waals surface area (Å²) in [4.78, 5) is 20.7. The van der Waals surface area contributed by atoms with Gasteiger partial charge in [0.05, 0.1) is 29.6 Å². The fourth-order valence-corrected chi connectivity index (χ4v) is 3.67. The van der Waals surface area contributed by atoms with Crippen molar-refractivity contribution in [3.8, 4) is 17.1 Å². The zero-order valence-electron chi connectivity index (χ0n) is 17.0. The fraction of sp³-hybridized carbons (Fsp3) is 0.0800. The van der Waals surface area contributed by atoms with Crippen molar-refractivity contribution < 1.29 is 19.4 Å². The predicted octanol–water partition coefficient (Wildman–Crippen LogP) is 4.57. The smallest absolute Gasteiger partial charge is 0.335 e. The van der Waals surface area contributed by atoms with Gasteiger partial charge < -0.3 is 14.6 Å². The normalized spacial score (nSPS) is 11.1. The SMILES string of the molecule is O=C(O)c1ccc(-c2cn3c(O)c(Cc4ccco4)nc3c(Cc3ccccc3)n2)cc1. The minimum Gasteiger partial charge on any atom is -0.493 e. The lowest BCUT2D eigenvalue weighted by molar-refractivity contribution is 0.0697. The lowest BCUT2D eigenvalue weighted by Crippen LogP contribution is -2.01. The van der Waals surface area contributed by atoms with Crippen molar-refractivity contribution in [1.82, 2.24) is 14.4 Å². The summed E-state index contributed by atoms with van der Waals surface area (Å²) in [7, 11) is 0. The molecule has 0 atom stereocenters. The zero-order chi connectivity index (χ0) is 22.1. The Hall–Kier alpha value is -4.39. The number of imidazole rings is 1. The standard InChI is InChI=1S/C25H19N3O4/c29-24-21(14-19-7-4-12-32-19)27-23-20(13-16-5-2-1-3-6-16)26-22(15-28(23)24)17-8-10-18(11-9-17)25(30)31/h1-12,15,29H,13-14H2,(H,30,31). The number of carboxylic acids is 1. The van der Waals surface area contributed by atoms with E-state index in [0.717, 1.165) is 11.1 Å². The van der Waals surface area contributed by atoms with Crippen LogP contribution in [-0.2, 0) is 12.8 Å². The molecule has 3 aromatic heterocycles. The highest BCUT2D eigenvalue weighted by Crippen LogP contribution is 2.28. The van der Waals surface area contributed by atoms with Crippen LogP contribution in [0.25, 0.3) is 16.9 Å². The molecule has 0 unspecified atom stereocenters. The number of aromatic carboxylic acids is 1. The first kappa shape index (κ1) is 19.6. The molecule has 0 aliphatic rings. The molecule has 0 spiro atoms. The molecule has 3 heterocycles. The van der Waals surface area contributed by atoms with Crippen molar-refractivity contribution in [2.24, 2.45) is 0 Å². The number of hydrogen-bond donors (Lipinski definition) is 2. The van der Waals surface area contributed by atoms with Crippen LogP contribution in [0.4, 0.5) is 0 Å². The monoisotopic (exact) mass is 425 g/mol. The Morgan fingerprint density at radius 1 is 0.906 bits per heavy atom. The number of aromatic hydroxyl groups is 1. The van der Waals surface area contributed by atoms with Gasteiger partial charge in [-0.05, 0) is 29.8 Å². The molecule has 2 N–H and O–H groups in total. The maximum Gasteiger partial charge on any atom is 0.335 e. The fourth-order valence-electron chi connectivity index (χ4n) is 3.67. The van der Waals surface area contributed by atoms with Gasteiger partial charge in [0.15, 0.2) is 5.65 Å². The Morgan fingerprint density at radius 2 is 1.69 bits per heavy atom. The van der Waals surface area contributed by atoms with E-state index in [1.54, 1.807) is 35.1 Å². The summed E-state index contributed by atoms with van der Waals surface area (Å²) >= 11 is 0. The number of rotatable bonds is 6. The van der Waals surface area contributed by atoms with E-state index in [0.29, 0.717) is 41.3 Å². The first-order valence-corrected chi connectivity index (χ1v) is 10.1. The van der Waals surface area contributed by atoms with E-state index in [1.807, 2.05) is 36.4 Å². The van der Waals surface area contributed by atoms with Crippen molar-refractivity contribution in [1.29, 1.82) is 0 Å². The van der Waals surface area contributed by atoms with E-state index in [1.165, 1.54) is 12.1 Å². The second kappa shape index (κ2) is 8.03. The topological polar surface area (TPSA) is 101 Å². The lowest BCUT2D eigenvalue weighted by atomic mass is 10.1.